The van der Waals surface area contributed by atoms with Crippen molar-refractivity contribution in [2.45, 2.75) is 19.9 Å². The summed E-state index contributed by atoms with van der Waals surface area (Å²) in [6.07, 6.45) is 0. The van der Waals surface area contributed by atoms with Crippen molar-refractivity contribution >= 4 is 27.3 Å². The number of thiophene rings is 1. The van der Waals surface area contributed by atoms with Crippen LogP contribution in [0.15, 0.2) is 15.9 Å². The summed E-state index contributed by atoms with van der Waals surface area (Å²) in [5, 5.41) is 2.06. The third-order valence-corrected chi connectivity index (χ3v) is 3.64. The van der Waals surface area contributed by atoms with E-state index in [9.17, 15) is 0 Å². The topological polar surface area (TPSA) is 26.0 Å². The maximum absolute atomic E-state index is 5.96. The Hall–Kier alpha value is 0.140. The van der Waals surface area contributed by atoms with Crippen LogP contribution in [0.4, 0.5) is 0 Å². The molecule has 1 rings (SSSR count). The molecule has 1 atom stereocenters. The van der Waals surface area contributed by atoms with Crippen molar-refractivity contribution in [2.75, 3.05) is 0 Å². The van der Waals surface area contributed by atoms with Gasteiger partial charge in [0.2, 0.25) is 0 Å². The zero-order valence-corrected chi connectivity index (χ0v) is 9.08. The van der Waals surface area contributed by atoms with Gasteiger partial charge in [0.15, 0.2) is 0 Å². The summed E-state index contributed by atoms with van der Waals surface area (Å²) in [5.74, 6) is 0.505. The molecule has 0 aliphatic heterocycles. The second-order valence-electron chi connectivity index (χ2n) is 2.90. The highest BCUT2D eigenvalue weighted by atomic mass is 79.9. The fourth-order valence-electron chi connectivity index (χ4n) is 0.846. The molecule has 0 aromatic carbocycles. The van der Waals surface area contributed by atoms with Gasteiger partial charge in [0.1, 0.15) is 0 Å². The Kier molecular flexibility index (Phi) is 3.10. The van der Waals surface area contributed by atoms with Crippen LogP contribution in [0.25, 0.3) is 0 Å². The van der Waals surface area contributed by atoms with Crippen LogP contribution in [0.1, 0.15) is 24.8 Å². The molecule has 0 spiro atoms. The lowest BCUT2D eigenvalue weighted by Crippen LogP contribution is -2.15. The van der Waals surface area contributed by atoms with Crippen molar-refractivity contribution < 1.29 is 0 Å². The largest absolute Gasteiger partial charge is 0.323 e. The lowest BCUT2D eigenvalue weighted by molar-refractivity contribution is 0.520. The van der Waals surface area contributed by atoms with E-state index in [1.807, 2.05) is 6.07 Å². The van der Waals surface area contributed by atoms with E-state index in [-0.39, 0.29) is 6.04 Å². The Morgan fingerprint density at radius 3 is 2.55 bits per heavy atom. The van der Waals surface area contributed by atoms with E-state index < -0.39 is 0 Å². The molecular formula is C8H12BrNS. The molecule has 0 radical (unpaired) electrons. The van der Waals surface area contributed by atoms with Crippen molar-refractivity contribution in [1.29, 1.82) is 0 Å². The summed E-state index contributed by atoms with van der Waals surface area (Å²) >= 11 is 5.18. The third kappa shape index (κ3) is 2.04. The van der Waals surface area contributed by atoms with E-state index in [0.717, 1.165) is 4.47 Å². The molecule has 1 aromatic rings. The lowest BCUT2D eigenvalue weighted by Gasteiger charge is -2.13. The van der Waals surface area contributed by atoms with Gasteiger partial charge in [-0.2, -0.15) is 0 Å². The van der Waals surface area contributed by atoms with Gasteiger partial charge in [0.25, 0.3) is 0 Å². The second kappa shape index (κ2) is 3.70. The van der Waals surface area contributed by atoms with Crippen molar-refractivity contribution in [3.63, 3.8) is 0 Å². The number of hydrogen-bond donors (Lipinski definition) is 1. The van der Waals surface area contributed by atoms with Gasteiger partial charge in [-0.25, -0.2) is 0 Å². The van der Waals surface area contributed by atoms with Crippen molar-refractivity contribution in [1.82, 2.24) is 0 Å². The Balaban J connectivity index is 2.84. The quantitative estimate of drug-likeness (QED) is 0.835. The summed E-state index contributed by atoms with van der Waals surface area (Å²) in [5.41, 5.74) is 5.96. The minimum atomic E-state index is 0.171. The monoisotopic (exact) mass is 233 g/mol. The summed E-state index contributed by atoms with van der Waals surface area (Å²) in [6, 6.07) is 2.21. The van der Waals surface area contributed by atoms with E-state index in [0.29, 0.717) is 5.92 Å². The molecule has 1 unspecified atom stereocenters. The van der Waals surface area contributed by atoms with Crippen molar-refractivity contribution in [3.05, 3.63) is 20.8 Å². The van der Waals surface area contributed by atoms with E-state index in [1.165, 1.54) is 4.88 Å². The third-order valence-electron chi connectivity index (χ3n) is 1.67. The highest BCUT2D eigenvalue weighted by Crippen LogP contribution is 2.31. The van der Waals surface area contributed by atoms with Gasteiger partial charge < -0.3 is 5.73 Å². The van der Waals surface area contributed by atoms with Gasteiger partial charge in [-0.1, -0.05) is 13.8 Å². The highest BCUT2D eigenvalue weighted by molar-refractivity contribution is 9.10. The molecule has 0 amide bonds. The van der Waals surface area contributed by atoms with Crippen LogP contribution in [0.3, 0.4) is 0 Å². The zero-order chi connectivity index (χ0) is 8.43. The maximum atomic E-state index is 5.96. The Morgan fingerprint density at radius 1 is 1.55 bits per heavy atom. The molecule has 1 heterocycles. The minimum absolute atomic E-state index is 0.171. The fourth-order valence-corrected chi connectivity index (χ4v) is 2.66. The van der Waals surface area contributed by atoms with Crippen molar-refractivity contribution in [2.24, 2.45) is 11.7 Å². The predicted molar refractivity (Wildman–Crippen MR) is 53.8 cm³/mol. The van der Waals surface area contributed by atoms with Gasteiger partial charge in [-0.05, 0) is 33.3 Å². The molecule has 0 saturated carbocycles. The highest BCUT2D eigenvalue weighted by Gasteiger charge is 2.14. The van der Waals surface area contributed by atoms with E-state index in [1.54, 1.807) is 11.3 Å². The van der Waals surface area contributed by atoms with Crippen LogP contribution in [-0.2, 0) is 0 Å². The molecule has 11 heavy (non-hydrogen) atoms. The first kappa shape index (κ1) is 9.23. The number of nitrogens with two attached hydrogens (primary N) is 1. The second-order valence-corrected chi connectivity index (χ2v) is 4.70. The first-order valence-corrected chi connectivity index (χ1v) is 5.28. The predicted octanol–water partition coefficient (Wildman–Crippen LogP) is 3.17. The maximum Gasteiger partial charge on any atom is 0.0424 e. The normalized spacial score (nSPS) is 13.9. The fraction of sp³-hybridized carbons (Fsp3) is 0.500. The molecule has 2 N–H and O–H groups in total. The Bertz CT molecular complexity index is 232. The van der Waals surface area contributed by atoms with Crippen LogP contribution in [-0.4, -0.2) is 0 Å². The first-order chi connectivity index (χ1) is 5.13. The molecule has 0 aliphatic rings. The lowest BCUT2D eigenvalue weighted by atomic mass is 10.0. The molecule has 0 aliphatic carbocycles. The van der Waals surface area contributed by atoms with Crippen LogP contribution >= 0.6 is 27.3 Å². The number of hydrogen-bond acceptors (Lipinski definition) is 2. The van der Waals surface area contributed by atoms with E-state index >= 15 is 0 Å². The van der Waals surface area contributed by atoms with Gasteiger partial charge in [0, 0.05) is 15.4 Å². The number of halogens is 1. The van der Waals surface area contributed by atoms with Gasteiger partial charge in [-0.15, -0.1) is 11.3 Å². The zero-order valence-electron chi connectivity index (χ0n) is 6.67. The van der Waals surface area contributed by atoms with Crippen LogP contribution in [0.2, 0.25) is 0 Å². The van der Waals surface area contributed by atoms with Crippen molar-refractivity contribution in [3.8, 4) is 0 Å². The molecule has 1 aromatic heterocycles. The molecule has 0 saturated heterocycles. The van der Waals surface area contributed by atoms with Crippen LogP contribution in [0.5, 0.6) is 0 Å². The van der Waals surface area contributed by atoms with Crippen LogP contribution < -0.4 is 5.73 Å². The summed E-state index contributed by atoms with van der Waals surface area (Å²) in [4.78, 5) is 1.25. The number of rotatable bonds is 2. The molecule has 0 fully saturated rings. The standard InChI is InChI=1S/C8H12BrNS/c1-5(2)7(10)8-6(9)3-4-11-8/h3-5,7H,10H2,1-2H3. The van der Waals surface area contributed by atoms with Gasteiger partial charge in [-0.3, -0.25) is 0 Å². The Morgan fingerprint density at radius 2 is 2.18 bits per heavy atom. The average Bonchev–Trinajstić information content (AvgIpc) is 2.33. The van der Waals surface area contributed by atoms with Gasteiger partial charge in [0.05, 0.1) is 0 Å². The molecular weight excluding hydrogens is 222 g/mol. The molecule has 0 bridgehead atoms. The SMILES string of the molecule is CC(C)C(N)c1sccc1Br. The smallest absolute Gasteiger partial charge is 0.0424 e. The molecule has 1 nitrogen and oxygen atoms in total. The molecule has 3 heteroatoms. The van der Waals surface area contributed by atoms with Crippen LogP contribution in [0, 0.1) is 5.92 Å². The summed E-state index contributed by atoms with van der Waals surface area (Å²) < 4.78 is 1.14. The van der Waals surface area contributed by atoms with E-state index in [2.05, 4.69) is 35.2 Å². The Labute approximate surface area is 79.7 Å². The summed E-state index contributed by atoms with van der Waals surface area (Å²) in [7, 11) is 0. The van der Waals surface area contributed by atoms with Gasteiger partial charge >= 0.3 is 0 Å². The summed E-state index contributed by atoms with van der Waals surface area (Å²) in [6.45, 7) is 4.27. The van der Waals surface area contributed by atoms with E-state index in [4.69, 9.17) is 5.73 Å². The first-order valence-electron chi connectivity index (χ1n) is 3.61. The minimum Gasteiger partial charge on any atom is -0.323 e. The molecule has 62 valence electrons. The average molecular weight is 234 g/mol.